The van der Waals surface area contributed by atoms with E-state index in [-0.39, 0.29) is 0 Å². The van der Waals surface area contributed by atoms with Crippen molar-refractivity contribution in [1.29, 1.82) is 0 Å². The predicted octanol–water partition coefficient (Wildman–Crippen LogP) is 8.89. The third kappa shape index (κ3) is 17.8. The Kier molecular flexibility index (Phi) is 18.5. The molecule has 0 atom stereocenters. The summed E-state index contributed by atoms with van der Waals surface area (Å²) in [6.07, 6.45) is 20.2. The number of hydrogen-bond donors (Lipinski definition) is 1. The molecule has 2 heteroatoms. The van der Waals surface area contributed by atoms with Crippen molar-refractivity contribution < 1.29 is 4.48 Å². The van der Waals surface area contributed by atoms with Crippen LogP contribution < -0.4 is 5.73 Å². The third-order valence-corrected chi connectivity index (χ3v) is 6.65. The van der Waals surface area contributed by atoms with E-state index in [9.17, 15) is 0 Å². The molecule has 34 heavy (non-hydrogen) atoms. The van der Waals surface area contributed by atoms with Crippen LogP contribution in [0.15, 0.2) is 60.7 Å². The van der Waals surface area contributed by atoms with Gasteiger partial charge in [0.15, 0.2) is 0 Å². The number of quaternary nitrogens is 1. The van der Waals surface area contributed by atoms with Gasteiger partial charge in [0, 0.05) is 12.1 Å². The van der Waals surface area contributed by atoms with E-state index in [0.717, 1.165) is 11.0 Å². The lowest BCUT2D eigenvalue weighted by molar-refractivity contribution is -0.903. The van der Waals surface area contributed by atoms with E-state index < -0.39 is 0 Å². The topological polar surface area (TPSA) is 26.0 Å². The van der Waals surface area contributed by atoms with Gasteiger partial charge in [-0.05, 0) is 18.4 Å². The molecule has 2 aromatic carbocycles. The summed E-state index contributed by atoms with van der Waals surface area (Å²) in [6, 6.07) is 20.9. The zero-order valence-corrected chi connectivity index (χ0v) is 22.8. The van der Waals surface area contributed by atoms with Crippen LogP contribution in [-0.4, -0.2) is 25.1 Å². The van der Waals surface area contributed by atoms with Gasteiger partial charge in [0.2, 0.25) is 0 Å². The fourth-order valence-corrected chi connectivity index (χ4v) is 4.51. The van der Waals surface area contributed by atoms with Crippen LogP contribution in [0.5, 0.6) is 0 Å². The van der Waals surface area contributed by atoms with Crippen molar-refractivity contribution in [2.24, 2.45) is 5.73 Å². The average Bonchev–Trinajstić information content (AvgIpc) is 2.85. The van der Waals surface area contributed by atoms with Crippen LogP contribution in [0.4, 0.5) is 0 Å². The summed E-state index contributed by atoms with van der Waals surface area (Å²) >= 11 is 0. The minimum absolute atomic E-state index is 0.640. The summed E-state index contributed by atoms with van der Waals surface area (Å²) in [5.41, 5.74) is 8.00. The van der Waals surface area contributed by atoms with Crippen molar-refractivity contribution in [1.82, 2.24) is 0 Å². The van der Waals surface area contributed by atoms with Crippen LogP contribution in [0.1, 0.15) is 108 Å². The maximum atomic E-state index is 5.35. The van der Waals surface area contributed by atoms with E-state index in [1.165, 1.54) is 108 Å². The Balaban J connectivity index is 0.000000605. The standard InChI is InChI=1S/C25H46N.C7H9N/c1-4-5-6-7-8-9-10-11-12-13-14-15-16-20-23-26(2,3)24-25-21-18-17-19-22-25;8-6-7-4-2-1-3-5-7/h17-19,21-22H,4-16,20,23-24H2,1-3H3;1-5H,6,8H2/q+1;. The van der Waals surface area contributed by atoms with Crippen LogP contribution in [-0.2, 0) is 13.1 Å². The van der Waals surface area contributed by atoms with Crippen LogP contribution >= 0.6 is 0 Å². The molecule has 0 fully saturated rings. The molecule has 0 radical (unpaired) electrons. The SMILES string of the molecule is CCCCCCCCCCCCCCCC[N+](C)(C)Cc1ccccc1.NCc1ccccc1. The van der Waals surface area contributed by atoms with Crippen LogP contribution in [0, 0.1) is 0 Å². The Labute approximate surface area is 212 Å². The highest BCUT2D eigenvalue weighted by Gasteiger charge is 2.14. The summed E-state index contributed by atoms with van der Waals surface area (Å²) in [7, 11) is 4.74. The summed E-state index contributed by atoms with van der Waals surface area (Å²) in [5, 5.41) is 0. The van der Waals surface area contributed by atoms with Gasteiger partial charge in [0.25, 0.3) is 0 Å². The highest BCUT2D eigenvalue weighted by molar-refractivity contribution is 5.14. The Morgan fingerprint density at radius 3 is 1.29 bits per heavy atom. The van der Waals surface area contributed by atoms with Gasteiger partial charge in [0.1, 0.15) is 6.54 Å². The van der Waals surface area contributed by atoms with Gasteiger partial charge < -0.3 is 10.2 Å². The van der Waals surface area contributed by atoms with Crippen molar-refractivity contribution >= 4 is 0 Å². The fraction of sp³-hybridized carbons (Fsp3) is 0.625. The molecule has 2 nitrogen and oxygen atoms in total. The van der Waals surface area contributed by atoms with Gasteiger partial charge in [-0.2, -0.15) is 0 Å². The molecule has 0 aliphatic heterocycles. The zero-order chi connectivity index (χ0) is 24.7. The maximum absolute atomic E-state index is 5.35. The molecule has 0 aliphatic carbocycles. The van der Waals surface area contributed by atoms with Crippen LogP contribution in [0.2, 0.25) is 0 Å². The van der Waals surface area contributed by atoms with E-state index >= 15 is 0 Å². The third-order valence-electron chi connectivity index (χ3n) is 6.65. The molecule has 2 N–H and O–H groups in total. The van der Waals surface area contributed by atoms with Crippen molar-refractivity contribution in [2.45, 2.75) is 110 Å². The lowest BCUT2D eigenvalue weighted by Gasteiger charge is -2.30. The number of nitrogens with zero attached hydrogens (tertiary/aromatic N) is 1. The second-order valence-electron chi connectivity index (χ2n) is 10.6. The highest BCUT2D eigenvalue weighted by atomic mass is 15.3. The number of hydrogen-bond acceptors (Lipinski definition) is 1. The summed E-state index contributed by atoms with van der Waals surface area (Å²) in [5.74, 6) is 0. The maximum Gasteiger partial charge on any atom is 0.104 e. The quantitative estimate of drug-likeness (QED) is 0.172. The first-order chi connectivity index (χ1) is 16.6. The Morgan fingerprint density at radius 1 is 0.529 bits per heavy atom. The second kappa shape index (κ2) is 20.7. The predicted molar refractivity (Wildman–Crippen MR) is 152 cm³/mol. The molecule has 0 saturated carbocycles. The molecular weight excluding hydrogens is 412 g/mol. The largest absolute Gasteiger partial charge is 0.326 e. The molecular formula is C32H55N2+. The van der Waals surface area contributed by atoms with E-state index in [2.05, 4.69) is 51.4 Å². The Hall–Kier alpha value is -1.64. The Morgan fingerprint density at radius 2 is 0.912 bits per heavy atom. The van der Waals surface area contributed by atoms with Gasteiger partial charge in [-0.3, -0.25) is 0 Å². The molecule has 2 aromatic rings. The summed E-state index contributed by atoms with van der Waals surface area (Å²) < 4.78 is 1.11. The smallest absolute Gasteiger partial charge is 0.104 e. The lowest BCUT2D eigenvalue weighted by Crippen LogP contribution is -2.39. The van der Waals surface area contributed by atoms with E-state index in [0.29, 0.717) is 6.54 Å². The van der Waals surface area contributed by atoms with Crippen molar-refractivity contribution in [3.8, 4) is 0 Å². The van der Waals surface area contributed by atoms with E-state index in [4.69, 9.17) is 5.73 Å². The number of nitrogens with two attached hydrogens (primary N) is 1. The molecule has 0 aromatic heterocycles. The normalized spacial score (nSPS) is 11.2. The number of benzene rings is 2. The van der Waals surface area contributed by atoms with Gasteiger partial charge in [0.05, 0.1) is 20.6 Å². The molecule has 0 aliphatic rings. The molecule has 0 unspecified atom stereocenters. The summed E-state index contributed by atoms with van der Waals surface area (Å²) in [6.45, 7) is 5.39. The molecule has 0 saturated heterocycles. The van der Waals surface area contributed by atoms with Gasteiger partial charge in [-0.1, -0.05) is 145 Å². The fourth-order valence-electron chi connectivity index (χ4n) is 4.51. The van der Waals surface area contributed by atoms with Gasteiger partial charge in [-0.15, -0.1) is 0 Å². The molecule has 0 bridgehead atoms. The average molecular weight is 468 g/mol. The monoisotopic (exact) mass is 467 g/mol. The molecule has 0 spiro atoms. The lowest BCUT2D eigenvalue weighted by atomic mass is 10.0. The first-order valence-corrected chi connectivity index (χ1v) is 14.2. The first-order valence-electron chi connectivity index (χ1n) is 14.2. The Bertz CT molecular complexity index is 666. The highest BCUT2D eigenvalue weighted by Crippen LogP contribution is 2.15. The molecule has 192 valence electrons. The van der Waals surface area contributed by atoms with Crippen molar-refractivity contribution in [3.63, 3.8) is 0 Å². The van der Waals surface area contributed by atoms with Crippen LogP contribution in [0.25, 0.3) is 0 Å². The zero-order valence-electron chi connectivity index (χ0n) is 22.8. The van der Waals surface area contributed by atoms with Gasteiger partial charge in [-0.25, -0.2) is 0 Å². The van der Waals surface area contributed by atoms with E-state index in [1.807, 2.05) is 30.3 Å². The van der Waals surface area contributed by atoms with Crippen molar-refractivity contribution in [2.75, 3.05) is 20.6 Å². The molecule has 0 heterocycles. The van der Waals surface area contributed by atoms with Gasteiger partial charge >= 0.3 is 0 Å². The number of rotatable bonds is 18. The summed E-state index contributed by atoms with van der Waals surface area (Å²) in [4.78, 5) is 0. The molecule has 0 amide bonds. The van der Waals surface area contributed by atoms with E-state index in [1.54, 1.807) is 0 Å². The first kappa shape index (κ1) is 30.4. The molecule has 2 rings (SSSR count). The number of unbranched alkanes of at least 4 members (excludes halogenated alkanes) is 13. The van der Waals surface area contributed by atoms with Crippen molar-refractivity contribution in [3.05, 3.63) is 71.8 Å². The minimum Gasteiger partial charge on any atom is -0.326 e. The van der Waals surface area contributed by atoms with Crippen LogP contribution in [0.3, 0.4) is 0 Å². The second-order valence-corrected chi connectivity index (χ2v) is 10.6. The minimum atomic E-state index is 0.640.